The van der Waals surface area contributed by atoms with E-state index in [0.29, 0.717) is 11.1 Å². The number of carbonyl (C=O) groups excluding carboxylic acids is 1. The third-order valence-electron chi connectivity index (χ3n) is 5.99. The molecular weight excluding hydrogens is 429 g/mol. The molecule has 1 heterocycles. The molecule has 1 N–H and O–H groups in total. The Labute approximate surface area is 197 Å². The number of hydrogen-bond donors (Lipinski definition) is 1. The molecule has 0 aliphatic rings. The summed E-state index contributed by atoms with van der Waals surface area (Å²) in [6.45, 7) is 3.88. The second kappa shape index (κ2) is 9.79. The number of aromatic nitrogens is 1. The molecule has 0 saturated carbocycles. The third-order valence-corrected chi connectivity index (χ3v) is 5.99. The van der Waals surface area contributed by atoms with Gasteiger partial charge in [-0.15, -0.1) is 0 Å². The van der Waals surface area contributed by atoms with Gasteiger partial charge in [-0.25, -0.2) is 9.18 Å². The van der Waals surface area contributed by atoms with Crippen molar-refractivity contribution in [2.45, 2.75) is 26.2 Å². The van der Waals surface area contributed by atoms with Gasteiger partial charge < -0.3 is 5.11 Å². The van der Waals surface area contributed by atoms with Crippen LogP contribution < -0.4 is 0 Å². The highest BCUT2D eigenvalue weighted by Crippen LogP contribution is 2.34. The molecule has 0 spiro atoms. The van der Waals surface area contributed by atoms with Gasteiger partial charge in [0.1, 0.15) is 5.82 Å². The molecule has 0 aliphatic carbocycles. The van der Waals surface area contributed by atoms with E-state index in [2.05, 4.69) is 4.98 Å². The molecule has 4 nitrogen and oxygen atoms in total. The molecule has 3 aromatic carbocycles. The molecule has 0 bridgehead atoms. The number of carboxylic acid groups (broad SMARTS) is 1. The molecule has 0 fully saturated rings. The summed E-state index contributed by atoms with van der Waals surface area (Å²) < 4.78 is 14.3. The van der Waals surface area contributed by atoms with Crippen LogP contribution in [-0.2, 0) is 0 Å². The fourth-order valence-electron chi connectivity index (χ4n) is 4.21. The lowest BCUT2D eigenvalue weighted by atomic mass is 9.83. The van der Waals surface area contributed by atoms with Gasteiger partial charge in [0, 0.05) is 29.8 Å². The van der Waals surface area contributed by atoms with Gasteiger partial charge in [-0.3, -0.25) is 9.78 Å². The maximum Gasteiger partial charge on any atom is 0.338 e. The van der Waals surface area contributed by atoms with Crippen LogP contribution in [0.2, 0.25) is 0 Å². The van der Waals surface area contributed by atoms with Gasteiger partial charge in [0.2, 0.25) is 0 Å². The number of ketones is 1. The number of carbonyl (C=O) groups is 2. The summed E-state index contributed by atoms with van der Waals surface area (Å²) in [4.78, 5) is 28.6. The minimum atomic E-state index is -1.30. The summed E-state index contributed by atoms with van der Waals surface area (Å²) in [5, 5.41) is 9.12. The number of aryl methyl sites for hydroxylation is 2. The predicted octanol–water partition coefficient (Wildman–Crippen LogP) is 6.61. The summed E-state index contributed by atoms with van der Waals surface area (Å²) in [5.41, 5.74) is 5.41. The number of rotatable bonds is 7. The van der Waals surface area contributed by atoms with Gasteiger partial charge in [-0.05, 0) is 65.9 Å². The molecule has 1 atom stereocenters. The van der Waals surface area contributed by atoms with Crippen molar-refractivity contribution in [1.29, 1.82) is 0 Å². The summed E-state index contributed by atoms with van der Waals surface area (Å²) in [6.07, 6.45) is 1.91. The van der Waals surface area contributed by atoms with E-state index >= 15 is 0 Å². The second-order valence-electron chi connectivity index (χ2n) is 8.35. The molecule has 4 rings (SSSR count). The van der Waals surface area contributed by atoms with E-state index in [4.69, 9.17) is 5.11 Å². The van der Waals surface area contributed by atoms with Crippen LogP contribution in [0.5, 0.6) is 0 Å². The largest absolute Gasteiger partial charge is 0.478 e. The number of pyridine rings is 1. The first kappa shape index (κ1) is 23.1. The lowest BCUT2D eigenvalue weighted by molar-refractivity contribution is 0.0691. The summed E-state index contributed by atoms with van der Waals surface area (Å²) in [7, 11) is 0. The number of nitrogens with zero attached hydrogens (tertiary/aromatic N) is 1. The van der Waals surface area contributed by atoms with Crippen LogP contribution in [0.4, 0.5) is 4.39 Å². The van der Waals surface area contributed by atoms with Crippen LogP contribution in [0.15, 0.2) is 85.1 Å². The van der Waals surface area contributed by atoms with Crippen LogP contribution in [0.1, 0.15) is 55.4 Å². The zero-order valence-corrected chi connectivity index (χ0v) is 19.0. The Balaban J connectivity index is 1.75. The van der Waals surface area contributed by atoms with E-state index in [9.17, 15) is 14.0 Å². The van der Waals surface area contributed by atoms with E-state index in [1.807, 2.05) is 62.4 Å². The number of halogens is 1. The Bertz CT molecular complexity index is 1380. The number of carboxylic acids is 1. The van der Waals surface area contributed by atoms with Crippen LogP contribution in [0.3, 0.4) is 0 Å². The number of benzene rings is 3. The Kier molecular flexibility index (Phi) is 6.64. The first-order valence-corrected chi connectivity index (χ1v) is 11.0. The lowest BCUT2D eigenvalue weighted by Crippen LogP contribution is -2.11. The quantitative estimate of drug-likeness (QED) is 0.320. The van der Waals surface area contributed by atoms with Crippen molar-refractivity contribution in [2.75, 3.05) is 0 Å². The average Bonchev–Trinajstić information content (AvgIpc) is 2.83. The monoisotopic (exact) mass is 453 g/mol. The van der Waals surface area contributed by atoms with Gasteiger partial charge in [0.05, 0.1) is 5.56 Å². The van der Waals surface area contributed by atoms with Crippen LogP contribution in [0.25, 0.3) is 11.1 Å². The highest BCUT2D eigenvalue weighted by atomic mass is 19.1. The third kappa shape index (κ3) is 4.94. The molecule has 34 heavy (non-hydrogen) atoms. The van der Waals surface area contributed by atoms with Gasteiger partial charge in [0.15, 0.2) is 5.78 Å². The normalized spacial score (nSPS) is 11.7. The van der Waals surface area contributed by atoms with E-state index in [1.54, 1.807) is 24.4 Å². The molecule has 170 valence electrons. The van der Waals surface area contributed by atoms with Crippen LogP contribution >= 0.6 is 0 Å². The average molecular weight is 454 g/mol. The van der Waals surface area contributed by atoms with Gasteiger partial charge >= 0.3 is 5.97 Å². The van der Waals surface area contributed by atoms with Gasteiger partial charge in [0.25, 0.3) is 0 Å². The smallest absolute Gasteiger partial charge is 0.338 e. The van der Waals surface area contributed by atoms with Crippen molar-refractivity contribution in [3.8, 4) is 11.1 Å². The topological polar surface area (TPSA) is 67.3 Å². The zero-order valence-electron chi connectivity index (χ0n) is 19.0. The minimum Gasteiger partial charge on any atom is -0.478 e. The van der Waals surface area contributed by atoms with Crippen molar-refractivity contribution in [3.63, 3.8) is 0 Å². The number of hydrogen-bond acceptors (Lipinski definition) is 3. The molecular formula is C29H24FNO3. The van der Waals surface area contributed by atoms with Gasteiger partial charge in [-0.2, -0.15) is 0 Å². The first-order chi connectivity index (χ1) is 16.3. The van der Waals surface area contributed by atoms with E-state index in [1.165, 1.54) is 12.1 Å². The molecule has 5 heteroatoms. The Morgan fingerprint density at radius 2 is 1.68 bits per heavy atom. The molecule has 0 aliphatic heterocycles. The summed E-state index contributed by atoms with van der Waals surface area (Å²) >= 11 is 0. The first-order valence-electron chi connectivity index (χ1n) is 11.0. The van der Waals surface area contributed by atoms with E-state index in [0.717, 1.165) is 27.9 Å². The predicted molar refractivity (Wildman–Crippen MR) is 130 cm³/mol. The molecule has 0 saturated heterocycles. The fourth-order valence-corrected chi connectivity index (χ4v) is 4.21. The highest BCUT2D eigenvalue weighted by Gasteiger charge is 2.22. The Hall–Kier alpha value is -4.12. The summed E-state index contributed by atoms with van der Waals surface area (Å²) in [5.74, 6) is -2.28. The van der Waals surface area contributed by atoms with Crippen molar-refractivity contribution in [2.24, 2.45) is 0 Å². The van der Waals surface area contributed by atoms with Crippen molar-refractivity contribution in [3.05, 3.63) is 124 Å². The fraction of sp³-hybridized carbons (Fsp3) is 0.138. The maximum absolute atomic E-state index is 14.3. The Morgan fingerprint density at radius 1 is 0.912 bits per heavy atom. The van der Waals surface area contributed by atoms with Crippen molar-refractivity contribution in [1.82, 2.24) is 4.98 Å². The van der Waals surface area contributed by atoms with Crippen LogP contribution in [-0.4, -0.2) is 21.8 Å². The van der Waals surface area contributed by atoms with Crippen LogP contribution in [0, 0.1) is 19.7 Å². The van der Waals surface area contributed by atoms with Crippen molar-refractivity contribution < 1.29 is 19.1 Å². The SMILES string of the molecule is Cc1cc(C(=O)CC(c2cccc(-c3ccc(C(=O)O)c(F)c3)c2)c2ccccc2C)ccn1. The lowest BCUT2D eigenvalue weighted by Gasteiger charge is -2.21. The molecule has 0 amide bonds. The Morgan fingerprint density at radius 3 is 2.38 bits per heavy atom. The maximum atomic E-state index is 14.3. The number of aromatic carboxylic acids is 1. The highest BCUT2D eigenvalue weighted by molar-refractivity contribution is 5.97. The summed E-state index contributed by atoms with van der Waals surface area (Å²) in [6, 6.07) is 23.2. The van der Waals surface area contributed by atoms with Gasteiger partial charge in [-0.1, -0.05) is 54.6 Å². The van der Waals surface area contributed by atoms with Crippen molar-refractivity contribution >= 4 is 11.8 Å². The number of Topliss-reactive ketones (excluding diaryl/α,β-unsaturated/α-hetero) is 1. The van der Waals surface area contributed by atoms with E-state index < -0.39 is 11.8 Å². The zero-order chi connectivity index (χ0) is 24.2. The molecule has 1 unspecified atom stereocenters. The minimum absolute atomic E-state index is 0.0148. The molecule has 1 aromatic heterocycles. The second-order valence-corrected chi connectivity index (χ2v) is 8.35. The molecule has 0 radical (unpaired) electrons. The standard InChI is InChI=1S/C29H24FNO3/c1-18-6-3-4-9-24(18)26(17-28(32)23-12-13-31-19(2)14-23)22-8-5-7-20(15-22)21-10-11-25(29(33)34)27(30)16-21/h3-16,26H,17H2,1-2H3,(H,33,34). The molecule has 4 aromatic rings. The van der Waals surface area contributed by atoms with E-state index in [-0.39, 0.29) is 23.7 Å².